The van der Waals surface area contributed by atoms with E-state index in [4.69, 9.17) is 26.8 Å². The van der Waals surface area contributed by atoms with Crippen LogP contribution in [0.2, 0.25) is 5.02 Å². The Morgan fingerprint density at radius 2 is 1.58 bits per heavy atom. The molecule has 406 valence electrons. The summed E-state index contributed by atoms with van der Waals surface area (Å²) in [6, 6.07) is 8.34. The second-order valence-corrected chi connectivity index (χ2v) is 23.2. The summed E-state index contributed by atoms with van der Waals surface area (Å²) < 4.78 is 11.6. The van der Waals surface area contributed by atoms with E-state index in [9.17, 15) is 38.7 Å². The molecule has 2 saturated heterocycles. The van der Waals surface area contributed by atoms with Crippen LogP contribution < -0.4 is 31.7 Å². The SMILES string of the molecule is Cc1ncsc1-c1ccc([C@H](C)NC(=O)[C@@H]2C[C@@H](O)CN2C(=O)[C@@H](NC(=O)CCCc2cccc(OC[C@H](CCC(N)=O)NC(=O)[C@@H]3CCCN3C(=O)[C@H](CC(C)C)NC(=O)OC(C)(C)C)c2Cl)C(C)(C)C)cc1. The minimum absolute atomic E-state index is 0.0455. The highest BCUT2D eigenvalue weighted by Gasteiger charge is 2.45. The number of aliphatic hydroxyl groups is 1. The Morgan fingerprint density at radius 1 is 0.892 bits per heavy atom. The summed E-state index contributed by atoms with van der Waals surface area (Å²) in [7, 11) is 0. The van der Waals surface area contributed by atoms with Crippen LogP contribution in [0.15, 0.2) is 48.0 Å². The molecule has 1 aromatic heterocycles. The van der Waals surface area contributed by atoms with E-state index in [1.165, 1.54) is 9.80 Å². The Balaban J connectivity index is 1.16. The van der Waals surface area contributed by atoms with Crippen LogP contribution in [0.1, 0.15) is 137 Å². The van der Waals surface area contributed by atoms with E-state index in [0.29, 0.717) is 55.0 Å². The molecule has 7 amide bonds. The van der Waals surface area contributed by atoms with Gasteiger partial charge in [0.15, 0.2) is 0 Å². The number of amides is 7. The highest BCUT2D eigenvalue weighted by molar-refractivity contribution is 7.13. The molecule has 2 aliphatic rings. The number of carbonyl (C=O) groups is 7. The fourth-order valence-corrected chi connectivity index (χ4v) is 10.3. The van der Waals surface area contributed by atoms with Crippen molar-refractivity contribution in [2.45, 2.75) is 175 Å². The Hall–Kier alpha value is -5.79. The number of hydrogen-bond donors (Lipinski definition) is 6. The van der Waals surface area contributed by atoms with E-state index in [2.05, 4.69) is 26.3 Å². The summed E-state index contributed by atoms with van der Waals surface area (Å²) in [4.78, 5) is 102. The number of aromatic nitrogens is 1. The van der Waals surface area contributed by atoms with Gasteiger partial charge < -0.3 is 51.4 Å². The number of halogens is 1. The van der Waals surface area contributed by atoms with Crippen molar-refractivity contribution in [3.05, 3.63) is 69.8 Å². The van der Waals surface area contributed by atoms with E-state index >= 15 is 0 Å². The Kier molecular flexibility index (Phi) is 20.9. The van der Waals surface area contributed by atoms with Gasteiger partial charge >= 0.3 is 6.09 Å². The predicted molar refractivity (Wildman–Crippen MR) is 284 cm³/mol. The summed E-state index contributed by atoms with van der Waals surface area (Å²) in [5, 5.41) is 22.6. The van der Waals surface area contributed by atoms with Gasteiger partial charge in [-0.2, -0.15) is 0 Å². The quantitative estimate of drug-likeness (QED) is 0.0632. The minimum Gasteiger partial charge on any atom is -0.490 e. The lowest BCUT2D eigenvalue weighted by atomic mass is 9.85. The largest absolute Gasteiger partial charge is 0.490 e. The summed E-state index contributed by atoms with van der Waals surface area (Å²) in [5.74, 6) is -2.26. The Labute approximate surface area is 444 Å². The second kappa shape index (κ2) is 26.1. The molecule has 18 nitrogen and oxygen atoms in total. The van der Waals surface area contributed by atoms with Crippen LogP contribution >= 0.6 is 22.9 Å². The van der Waals surface area contributed by atoms with Gasteiger partial charge in [-0.25, -0.2) is 9.78 Å². The molecule has 0 bridgehead atoms. The molecule has 3 heterocycles. The van der Waals surface area contributed by atoms with Crippen molar-refractivity contribution in [2.75, 3.05) is 19.7 Å². The van der Waals surface area contributed by atoms with Gasteiger partial charge in [0.05, 0.1) is 39.3 Å². The fourth-order valence-electron chi connectivity index (χ4n) is 9.20. The first-order chi connectivity index (χ1) is 34.7. The van der Waals surface area contributed by atoms with E-state index < -0.39 is 77.1 Å². The lowest BCUT2D eigenvalue weighted by Crippen LogP contribution is -2.57. The Bertz CT molecular complexity index is 2450. The molecule has 2 aliphatic heterocycles. The molecule has 3 aromatic rings. The molecule has 7 N–H and O–H groups in total. The number of nitrogens with one attached hydrogen (secondary N) is 4. The molecule has 0 saturated carbocycles. The first-order valence-corrected chi connectivity index (χ1v) is 26.9. The van der Waals surface area contributed by atoms with Gasteiger partial charge in [-0.15, -0.1) is 11.3 Å². The maximum Gasteiger partial charge on any atom is 0.408 e. The first kappa shape index (κ1) is 59.1. The van der Waals surface area contributed by atoms with Gasteiger partial charge in [0.1, 0.15) is 42.1 Å². The zero-order chi connectivity index (χ0) is 54.7. The van der Waals surface area contributed by atoms with E-state index in [0.717, 1.165) is 21.7 Å². The maximum atomic E-state index is 14.3. The number of nitrogens with two attached hydrogens (primary N) is 1. The zero-order valence-corrected chi connectivity index (χ0v) is 46.1. The predicted octanol–water partition coefficient (Wildman–Crippen LogP) is 6.52. The molecule has 2 fully saturated rings. The van der Waals surface area contributed by atoms with Gasteiger partial charge in [0, 0.05) is 32.4 Å². The molecule has 74 heavy (non-hydrogen) atoms. The van der Waals surface area contributed by atoms with E-state index in [1.54, 1.807) is 55.8 Å². The smallest absolute Gasteiger partial charge is 0.408 e. The van der Waals surface area contributed by atoms with Crippen molar-refractivity contribution in [1.82, 2.24) is 36.1 Å². The molecule has 5 rings (SSSR count). The maximum absolute atomic E-state index is 14.3. The standard InChI is InChI=1S/C54H77ClN8O10S/c1-31(2)26-39(60-52(71)73-54(8,9)10)50(69)62-25-13-16-40(62)48(67)59-37(23-24-43(56)65)29-72-42-17-11-14-35(45(42)55)15-12-18-44(66)61-47(53(5,6)7)51(70)63-28-38(64)27-41(63)49(68)58-32(3)34-19-21-36(22-20-34)46-33(4)57-30-74-46/h11,14,17,19-22,30-32,37-41,47,64H,12-13,15-16,18,23-29H2,1-10H3,(H2,56,65)(H,58,68)(H,59,67)(H,60,71)(H,61,66)/t32-,37-,38+,39-,40-,41-,47+/m0/s1. The number of nitrogens with zero attached hydrogens (tertiary/aromatic N) is 3. The number of alkyl carbamates (subject to hydrolysis) is 1. The number of ether oxygens (including phenoxy) is 2. The molecule has 7 atom stereocenters. The zero-order valence-electron chi connectivity index (χ0n) is 44.5. The van der Waals surface area contributed by atoms with Gasteiger partial charge in [-0.1, -0.05) is 82.6 Å². The fraction of sp³-hybridized carbons (Fsp3) is 0.593. The van der Waals surface area contributed by atoms with Crippen molar-refractivity contribution in [1.29, 1.82) is 0 Å². The number of β-amino-alcohol motifs (C(OH)–C–C–N with tert-alkyl or cyclic N) is 1. The van der Waals surface area contributed by atoms with Gasteiger partial charge in [0.25, 0.3) is 0 Å². The minimum atomic E-state index is -1.00. The van der Waals surface area contributed by atoms with E-state index in [1.807, 2.05) is 72.7 Å². The monoisotopic (exact) mass is 1060 g/mol. The molecule has 0 radical (unpaired) electrons. The molecule has 20 heteroatoms. The van der Waals surface area contributed by atoms with Gasteiger partial charge in [-0.05, 0) is 107 Å². The van der Waals surface area contributed by atoms with Crippen LogP contribution in [0.4, 0.5) is 4.79 Å². The van der Waals surface area contributed by atoms with Crippen LogP contribution in [0, 0.1) is 18.3 Å². The first-order valence-electron chi connectivity index (χ1n) is 25.6. The van der Waals surface area contributed by atoms with Crippen molar-refractivity contribution < 1.29 is 48.1 Å². The number of rotatable bonds is 22. The van der Waals surface area contributed by atoms with Crippen LogP contribution in [-0.4, -0.2) is 123 Å². The number of primary amides is 1. The third-order valence-corrected chi connectivity index (χ3v) is 14.4. The lowest BCUT2D eigenvalue weighted by Gasteiger charge is -2.35. The van der Waals surface area contributed by atoms with Crippen molar-refractivity contribution >= 4 is 64.5 Å². The highest BCUT2D eigenvalue weighted by Crippen LogP contribution is 2.32. The molecule has 0 aliphatic carbocycles. The van der Waals surface area contributed by atoms with Crippen molar-refractivity contribution in [3.8, 4) is 16.2 Å². The third kappa shape index (κ3) is 16.9. The van der Waals surface area contributed by atoms with Gasteiger partial charge in [-0.3, -0.25) is 28.8 Å². The normalized spacial score (nSPS) is 18.5. The van der Waals surface area contributed by atoms with Crippen LogP contribution in [-0.2, 0) is 39.9 Å². The molecule has 0 spiro atoms. The Morgan fingerprint density at radius 3 is 2.20 bits per heavy atom. The van der Waals surface area contributed by atoms with Crippen LogP contribution in [0.5, 0.6) is 5.75 Å². The summed E-state index contributed by atoms with van der Waals surface area (Å²) in [6.45, 7) is 18.5. The summed E-state index contributed by atoms with van der Waals surface area (Å²) >= 11 is 8.42. The second-order valence-electron chi connectivity index (χ2n) is 22.0. The number of hydrogen-bond acceptors (Lipinski definition) is 12. The highest BCUT2D eigenvalue weighted by atomic mass is 35.5. The average molecular weight is 1070 g/mol. The summed E-state index contributed by atoms with van der Waals surface area (Å²) in [6.07, 6.45) is 0.602. The molecular weight excluding hydrogens is 988 g/mol. The number of likely N-dealkylation sites (tertiary alicyclic amines) is 2. The summed E-state index contributed by atoms with van der Waals surface area (Å²) in [5.41, 5.74) is 9.32. The third-order valence-electron chi connectivity index (χ3n) is 13.0. The number of aliphatic hydroxyl groups excluding tert-OH is 1. The topological polar surface area (TPSA) is 252 Å². The number of aryl methyl sites for hydroxylation is 2. The van der Waals surface area contributed by atoms with Crippen molar-refractivity contribution in [3.63, 3.8) is 0 Å². The van der Waals surface area contributed by atoms with Crippen LogP contribution in [0.25, 0.3) is 10.4 Å². The molecular formula is C54H77ClN8O10S. The number of benzene rings is 2. The lowest BCUT2D eigenvalue weighted by molar-refractivity contribution is -0.144. The average Bonchev–Trinajstić information content (AvgIpc) is 4.08. The molecule has 0 unspecified atom stereocenters. The van der Waals surface area contributed by atoms with E-state index in [-0.39, 0.29) is 62.6 Å². The number of carbonyl (C=O) groups excluding carboxylic acids is 7. The van der Waals surface area contributed by atoms with Gasteiger partial charge in [0.2, 0.25) is 35.4 Å². The van der Waals surface area contributed by atoms with Crippen LogP contribution in [0.3, 0.4) is 0 Å². The number of thiazole rings is 1. The molecule has 2 aromatic carbocycles. The van der Waals surface area contributed by atoms with Crippen molar-refractivity contribution in [2.24, 2.45) is 17.1 Å².